The van der Waals surface area contributed by atoms with Gasteiger partial charge in [-0.25, -0.2) is 4.79 Å². The predicted octanol–water partition coefficient (Wildman–Crippen LogP) is 1.25. The molecule has 82 valence electrons. The van der Waals surface area contributed by atoms with Gasteiger partial charge in [0.25, 0.3) is 5.78 Å². The maximum atomic E-state index is 11.6. The first kappa shape index (κ1) is 10.4. The Hall–Kier alpha value is -2.10. The highest BCUT2D eigenvalue weighted by molar-refractivity contribution is 6.42. The Morgan fingerprint density at radius 1 is 1.31 bits per heavy atom. The topological polar surface area (TPSA) is 63.6 Å². The highest BCUT2D eigenvalue weighted by Gasteiger charge is 2.29. The maximum absolute atomic E-state index is 11.6. The molecule has 0 amide bonds. The van der Waals surface area contributed by atoms with Crippen LogP contribution < -0.4 is 0 Å². The lowest BCUT2D eigenvalue weighted by Crippen LogP contribution is -2.18. The van der Waals surface area contributed by atoms with Gasteiger partial charge in [-0.1, -0.05) is 24.3 Å². The van der Waals surface area contributed by atoms with Gasteiger partial charge in [0, 0.05) is 12.0 Å². The largest absolute Gasteiger partial charge is 0.507 e. The summed E-state index contributed by atoms with van der Waals surface area (Å²) < 4.78 is 4.34. The normalized spacial score (nSPS) is 13.6. The molecule has 1 N–H and O–H groups in total. The van der Waals surface area contributed by atoms with Crippen molar-refractivity contribution in [2.75, 3.05) is 7.11 Å². The molecule has 4 nitrogen and oxygen atoms in total. The molecule has 0 radical (unpaired) electrons. The Morgan fingerprint density at radius 2 is 2.00 bits per heavy atom. The van der Waals surface area contributed by atoms with Crippen LogP contribution in [0.4, 0.5) is 0 Å². The van der Waals surface area contributed by atoms with Crippen molar-refractivity contribution < 1.29 is 19.4 Å². The summed E-state index contributed by atoms with van der Waals surface area (Å²) in [5.41, 5.74) is 1.55. The number of carbonyl (C=O) groups excluding carboxylic acids is 2. The number of carbonyl (C=O) groups is 2. The Labute approximate surface area is 92.2 Å². The number of rotatable bonds is 2. The van der Waals surface area contributed by atoms with Crippen LogP contribution >= 0.6 is 0 Å². The fraction of sp³-hybridized carbons (Fsp3) is 0.167. The molecule has 4 heteroatoms. The second kappa shape index (κ2) is 3.81. The molecule has 0 atom stereocenters. The molecule has 1 aliphatic rings. The Morgan fingerprint density at radius 3 is 2.62 bits per heavy atom. The van der Waals surface area contributed by atoms with E-state index in [9.17, 15) is 14.7 Å². The van der Waals surface area contributed by atoms with Crippen LogP contribution in [0.2, 0.25) is 0 Å². The molecule has 1 aromatic rings. The fourth-order valence-electron chi connectivity index (χ4n) is 1.75. The van der Waals surface area contributed by atoms with E-state index in [-0.39, 0.29) is 17.8 Å². The summed E-state index contributed by atoms with van der Waals surface area (Å²) in [5.74, 6) is -1.85. The lowest BCUT2D eigenvalue weighted by Gasteiger charge is -1.99. The number of hydrogen-bond donors (Lipinski definition) is 1. The first-order valence-corrected chi connectivity index (χ1v) is 4.78. The second-order valence-electron chi connectivity index (χ2n) is 3.48. The van der Waals surface area contributed by atoms with Crippen molar-refractivity contribution in [1.29, 1.82) is 0 Å². The monoisotopic (exact) mass is 218 g/mol. The maximum Gasteiger partial charge on any atom is 0.379 e. The quantitative estimate of drug-likeness (QED) is 0.599. The van der Waals surface area contributed by atoms with Crippen molar-refractivity contribution in [3.63, 3.8) is 0 Å². The van der Waals surface area contributed by atoms with Crippen LogP contribution in [0.5, 0.6) is 0 Å². The molecule has 0 heterocycles. The van der Waals surface area contributed by atoms with Crippen LogP contribution in [0.15, 0.2) is 29.8 Å². The van der Waals surface area contributed by atoms with E-state index < -0.39 is 11.8 Å². The molecule has 2 rings (SSSR count). The van der Waals surface area contributed by atoms with Gasteiger partial charge >= 0.3 is 5.97 Å². The third-order valence-corrected chi connectivity index (χ3v) is 2.57. The first-order chi connectivity index (χ1) is 7.65. The highest BCUT2D eigenvalue weighted by Crippen LogP contribution is 2.31. The van der Waals surface area contributed by atoms with Crippen molar-refractivity contribution >= 4 is 17.5 Å². The van der Waals surface area contributed by atoms with Gasteiger partial charge in [0.05, 0.1) is 12.7 Å². The van der Waals surface area contributed by atoms with E-state index in [1.54, 1.807) is 12.1 Å². The average Bonchev–Trinajstić information content (AvgIpc) is 2.65. The van der Waals surface area contributed by atoms with Crippen molar-refractivity contribution in [2.24, 2.45) is 0 Å². The zero-order valence-corrected chi connectivity index (χ0v) is 8.69. The van der Waals surface area contributed by atoms with Crippen molar-refractivity contribution in [1.82, 2.24) is 0 Å². The molecule has 1 aliphatic carbocycles. The lowest BCUT2D eigenvalue weighted by molar-refractivity contribution is -0.149. The molecule has 0 bridgehead atoms. The van der Waals surface area contributed by atoms with Gasteiger partial charge in [-0.05, 0) is 5.56 Å². The number of aliphatic hydroxyl groups is 1. The van der Waals surface area contributed by atoms with Crippen LogP contribution in [0, 0.1) is 0 Å². The second-order valence-corrected chi connectivity index (χ2v) is 3.48. The summed E-state index contributed by atoms with van der Waals surface area (Å²) in [6.45, 7) is 0. The van der Waals surface area contributed by atoms with Crippen LogP contribution in [0.25, 0.3) is 5.76 Å². The van der Waals surface area contributed by atoms with Gasteiger partial charge in [-0.3, -0.25) is 4.79 Å². The summed E-state index contributed by atoms with van der Waals surface area (Å²) in [6.07, 6.45) is 0.274. The van der Waals surface area contributed by atoms with E-state index in [1.165, 1.54) is 0 Å². The molecule has 0 aromatic heterocycles. The van der Waals surface area contributed by atoms with E-state index in [0.29, 0.717) is 5.56 Å². The predicted molar refractivity (Wildman–Crippen MR) is 56.7 cm³/mol. The average molecular weight is 218 g/mol. The zero-order chi connectivity index (χ0) is 11.7. The van der Waals surface area contributed by atoms with Gasteiger partial charge < -0.3 is 9.84 Å². The number of Topliss-reactive ketones (excluding diaryl/α,β-unsaturated/α-hetero) is 1. The Balaban J connectivity index is 2.38. The van der Waals surface area contributed by atoms with E-state index in [2.05, 4.69) is 4.74 Å². The van der Waals surface area contributed by atoms with Crippen LogP contribution in [0.1, 0.15) is 11.1 Å². The summed E-state index contributed by atoms with van der Waals surface area (Å²) >= 11 is 0. The van der Waals surface area contributed by atoms with E-state index in [4.69, 9.17) is 0 Å². The smallest absolute Gasteiger partial charge is 0.379 e. The minimum Gasteiger partial charge on any atom is -0.507 e. The number of methoxy groups -OCH3 is 1. The number of hydrogen-bond acceptors (Lipinski definition) is 4. The minimum absolute atomic E-state index is 0.105. The molecule has 0 aliphatic heterocycles. The molecule has 1 aromatic carbocycles. The number of fused-ring (bicyclic) bond motifs is 1. The summed E-state index contributed by atoms with van der Waals surface area (Å²) in [5, 5.41) is 9.81. The van der Waals surface area contributed by atoms with Crippen LogP contribution in [-0.4, -0.2) is 24.0 Å². The minimum atomic E-state index is -0.950. The highest BCUT2D eigenvalue weighted by atomic mass is 16.5. The molecule has 0 saturated heterocycles. The third-order valence-electron chi connectivity index (χ3n) is 2.57. The van der Waals surface area contributed by atoms with Gasteiger partial charge in [0.15, 0.2) is 0 Å². The van der Waals surface area contributed by atoms with E-state index in [0.717, 1.165) is 12.7 Å². The summed E-state index contributed by atoms with van der Waals surface area (Å²) in [4.78, 5) is 22.6. The molecule has 0 fully saturated rings. The van der Waals surface area contributed by atoms with Gasteiger partial charge in [0.2, 0.25) is 0 Å². The van der Waals surface area contributed by atoms with Crippen molar-refractivity contribution in [3.8, 4) is 0 Å². The van der Waals surface area contributed by atoms with E-state index in [1.807, 2.05) is 12.1 Å². The van der Waals surface area contributed by atoms with Crippen molar-refractivity contribution in [3.05, 3.63) is 41.0 Å². The number of ether oxygens (including phenoxy) is 1. The summed E-state index contributed by atoms with van der Waals surface area (Å²) in [6, 6.07) is 7.10. The fourth-order valence-corrected chi connectivity index (χ4v) is 1.75. The number of ketones is 1. The molecule has 0 unspecified atom stereocenters. The zero-order valence-electron chi connectivity index (χ0n) is 8.69. The van der Waals surface area contributed by atoms with E-state index >= 15 is 0 Å². The SMILES string of the molecule is COC(=O)C(=O)C1=C(O)c2ccccc2C1. The molecule has 0 saturated carbocycles. The molecule has 0 spiro atoms. The summed E-state index contributed by atoms with van der Waals surface area (Å²) in [7, 11) is 1.14. The molecule has 16 heavy (non-hydrogen) atoms. The van der Waals surface area contributed by atoms with Crippen molar-refractivity contribution in [2.45, 2.75) is 6.42 Å². The standard InChI is InChI=1S/C12H10O4/c1-16-12(15)11(14)9-6-7-4-2-3-5-8(7)10(9)13/h2-5,13H,6H2,1H3. The van der Waals surface area contributed by atoms with Crippen LogP contribution in [-0.2, 0) is 20.7 Å². The van der Waals surface area contributed by atoms with Crippen LogP contribution in [0.3, 0.4) is 0 Å². The first-order valence-electron chi connectivity index (χ1n) is 4.78. The number of benzene rings is 1. The molecular weight excluding hydrogens is 208 g/mol. The number of aliphatic hydroxyl groups excluding tert-OH is 1. The Bertz CT molecular complexity index is 499. The third kappa shape index (κ3) is 1.48. The van der Waals surface area contributed by atoms with Gasteiger partial charge in [-0.2, -0.15) is 0 Å². The van der Waals surface area contributed by atoms with Gasteiger partial charge in [-0.15, -0.1) is 0 Å². The number of esters is 1. The molecular formula is C12H10O4. The Kier molecular flexibility index (Phi) is 2.48. The lowest BCUT2D eigenvalue weighted by atomic mass is 10.1. The van der Waals surface area contributed by atoms with Gasteiger partial charge in [0.1, 0.15) is 5.76 Å².